The summed E-state index contributed by atoms with van der Waals surface area (Å²) in [6, 6.07) is 46.8. The number of hydrogen-bond acceptors (Lipinski definition) is 6. The van der Waals surface area contributed by atoms with Crippen molar-refractivity contribution in [3.63, 3.8) is 0 Å². The van der Waals surface area contributed by atoms with E-state index in [-0.39, 0.29) is 23.7 Å². The molecule has 4 atom stereocenters. The van der Waals surface area contributed by atoms with Gasteiger partial charge in [-0.15, -0.1) is 0 Å². The van der Waals surface area contributed by atoms with Crippen LogP contribution >= 0.6 is 0 Å². The molecule has 0 spiro atoms. The van der Waals surface area contributed by atoms with Crippen molar-refractivity contribution in [2.24, 2.45) is 0 Å². The summed E-state index contributed by atoms with van der Waals surface area (Å²) in [6.45, 7) is 0. The van der Waals surface area contributed by atoms with Crippen molar-refractivity contribution < 1.29 is 28.4 Å². The van der Waals surface area contributed by atoms with E-state index >= 15 is 0 Å². The van der Waals surface area contributed by atoms with Crippen LogP contribution in [-0.2, 0) is 30.0 Å². The number of methoxy groups -OCH3 is 2. The van der Waals surface area contributed by atoms with Gasteiger partial charge in [0.25, 0.3) is 11.8 Å². The van der Waals surface area contributed by atoms with Crippen molar-refractivity contribution in [3.05, 3.63) is 179 Å². The highest BCUT2D eigenvalue weighted by Gasteiger charge is 2.67. The fourth-order valence-corrected chi connectivity index (χ4v) is 8.02. The monoisotopic (exact) mass is 649 g/mol. The third-order valence-electron chi connectivity index (χ3n) is 10.4. The Morgan fingerprint density at radius 1 is 0.551 bits per heavy atom. The maximum atomic E-state index is 13.5. The van der Waals surface area contributed by atoms with Crippen LogP contribution in [0.15, 0.2) is 146 Å². The van der Waals surface area contributed by atoms with E-state index in [1.54, 1.807) is 38.5 Å². The van der Waals surface area contributed by atoms with Crippen molar-refractivity contribution in [2.45, 2.75) is 41.7 Å². The molecular formula is C41H36BNO6. The lowest BCUT2D eigenvalue weighted by Crippen LogP contribution is -2.56. The lowest BCUT2D eigenvalue weighted by molar-refractivity contribution is -0.136. The molecule has 0 N–H and O–H groups in total. The number of rotatable bonds is 10. The average molecular weight is 650 g/mol. The first-order chi connectivity index (χ1) is 24.0. The Hall–Kier alpha value is -4.86. The fraction of sp³-hybridized carbons (Fsp3) is 0.220. The highest BCUT2D eigenvalue weighted by molar-refractivity contribution is 6.49. The molecule has 1 saturated carbocycles. The van der Waals surface area contributed by atoms with Gasteiger partial charge in [-0.2, -0.15) is 0 Å². The number of carbonyl (C=O) groups excluding carboxylic acids is 2. The summed E-state index contributed by atoms with van der Waals surface area (Å²) >= 11 is 0. The molecule has 2 aliphatic heterocycles. The molecule has 2 heterocycles. The fourth-order valence-electron chi connectivity index (χ4n) is 8.02. The molecule has 0 bridgehead atoms. The number of carbonyl (C=O) groups is 2. The number of amides is 2. The van der Waals surface area contributed by atoms with Crippen LogP contribution in [0.5, 0.6) is 0 Å². The van der Waals surface area contributed by atoms with Gasteiger partial charge in [0.05, 0.1) is 11.1 Å². The number of fused-ring (bicyclic) bond motifs is 1. The predicted molar refractivity (Wildman–Crippen MR) is 186 cm³/mol. The van der Waals surface area contributed by atoms with Crippen molar-refractivity contribution in [3.8, 4) is 0 Å². The van der Waals surface area contributed by atoms with E-state index in [0.29, 0.717) is 17.5 Å². The van der Waals surface area contributed by atoms with Crippen LogP contribution in [0.25, 0.3) is 0 Å². The summed E-state index contributed by atoms with van der Waals surface area (Å²) in [7, 11) is 2.63. The second kappa shape index (κ2) is 12.5. The molecule has 244 valence electrons. The van der Waals surface area contributed by atoms with Crippen LogP contribution in [0.2, 0.25) is 5.82 Å². The molecule has 3 aliphatic rings. The van der Waals surface area contributed by atoms with Crippen LogP contribution in [0, 0.1) is 0 Å². The summed E-state index contributed by atoms with van der Waals surface area (Å²) in [5, 5.41) is 0. The summed E-state index contributed by atoms with van der Waals surface area (Å²) in [6.07, 6.45) is -0.949. The van der Waals surface area contributed by atoms with Gasteiger partial charge in [0, 0.05) is 26.1 Å². The molecule has 8 heteroatoms. The highest BCUT2D eigenvalue weighted by atomic mass is 16.7. The van der Waals surface area contributed by atoms with Crippen LogP contribution in [0.3, 0.4) is 0 Å². The molecule has 7 nitrogen and oxygen atoms in total. The SMILES string of the molecule is COC(c1ccccc1)(c1ccccc1)[C@@H]1OB([C@H]2C[C@@H]2N2C(=O)c3ccccc3C2=O)O[C@H]1C(OC)(c1ccccc1)c1ccccc1. The predicted octanol–water partition coefficient (Wildman–Crippen LogP) is 6.88. The number of ether oxygens (including phenoxy) is 2. The van der Waals surface area contributed by atoms with E-state index in [2.05, 4.69) is 0 Å². The smallest absolute Gasteiger partial charge is 0.401 e. The Morgan fingerprint density at radius 3 is 1.20 bits per heavy atom. The first-order valence-electron chi connectivity index (χ1n) is 16.6. The van der Waals surface area contributed by atoms with E-state index in [4.69, 9.17) is 18.8 Å². The average Bonchev–Trinajstić information content (AvgIpc) is 3.75. The first kappa shape index (κ1) is 31.4. The lowest BCUT2D eigenvalue weighted by Gasteiger charge is -2.47. The second-order valence-electron chi connectivity index (χ2n) is 12.8. The maximum Gasteiger partial charge on any atom is 0.463 e. The topological polar surface area (TPSA) is 74.3 Å². The Morgan fingerprint density at radius 2 is 0.878 bits per heavy atom. The van der Waals surface area contributed by atoms with Crippen molar-refractivity contribution in [1.29, 1.82) is 0 Å². The number of imide groups is 1. The van der Waals surface area contributed by atoms with Crippen LogP contribution in [0.1, 0.15) is 49.4 Å². The normalized spacial score (nSPS) is 22.0. The van der Waals surface area contributed by atoms with Crippen LogP contribution < -0.4 is 0 Å². The van der Waals surface area contributed by atoms with E-state index in [1.165, 1.54) is 4.90 Å². The Labute approximate surface area is 286 Å². The van der Waals surface area contributed by atoms with E-state index in [0.717, 1.165) is 22.3 Å². The molecule has 1 saturated heterocycles. The number of hydrogen-bond donors (Lipinski definition) is 0. The third-order valence-corrected chi connectivity index (χ3v) is 10.4. The van der Waals surface area contributed by atoms with Gasteiger partial charge >= 0.3 is 7.12 Å². The number of benzene rings is 5. The molecule has 2 fully saturated rings. The summed E-state index contributed by atoms with van der Waals surface area (Å²) in [4.78, 5) is 28.4. The summed E-state index contributed by atoms with van der Waals surface area (Å²) < 4.78 is 27.8. The molecule has 5 aromatic carbocycles. The minimum atomic E-state index is -1.14. The quantitative estimate of drug-likeness (QED) is 0.121. The van der Waals surface area contributed by atoms with Crippen molar-refractivity contribution >= 4 is 18.9 Å². The van der Waals surface area contributed by atoms with Gasteiger partial charge < -0.3 is 18.8 Å². The van der Waals surface area contributed by atoms with Gasteiger partial charge in [-0.3, -0.25) is 14.5 Å². The largest absolute Gasteiger partial charge is 0.463 e. The minimum absolute atomic E-state index is 0.253. The van der Waals surface area contributed by atoms with Crippen molar-refractivity contribution in [2.75, 3.05) is 14.2 Å². The van der Waals surface area contributed by atoms with Crippen LogP contribution in [-0.4, -0.2) is 56.3 Å². The zero-order valence-electron chi connectivity index (χ0n) is 27.3. The summed E-state index contributed by atoms with van der Waals surface area (Å²) in [5.41, 5.74) is 2.14. The molecule has 1 aliphatic carbocycles. The van der Waals surface area contributed by atoms with Gasteiger partial charge in [0.15, 0.2) is 0 Å². The molecule has 0 aromatic heterocycles. The van der Waals surface area contributed by atoms with Crippen molar-refractivity contribution in [1.82, 2.24) is 4.90 Å². The molecule has 0 unspecified atom stereocenters. The van der Waals surface area contributed by atoms with Gasteiger partial charge in [0.2, 0.25) is 0 Å². The molecular weight excluding hydrogens is 613 g/mol. The zero-order chi connectivity index (χ0) is 33.6. The standard InChI is InChI=1S/C41H36BNO6/c1-46-40(28-17-7-3-8-18-28,29-19-9-4-10-20-29)36-37(41(47-2,30-21-11-5-12-22-30)31-23-13-6-14-24-31)49-42(48-36)34-27-35(34)43-38(44)32-25-15-16-26-33(32)39(43)45/h3-26,34-37H,27H2,1-2H3/t34-,35-,36+,37+/m0/s1. The van der Waals surface area contributed by atoms with E-state index in [9.17, 15) is 9.59 Å². The van der Waals surface area contributed by atoms with Gasteiger partial charge in [-0.05, 0) is 40.8 Å². The third kappa shape index (κ3) is 4.90. The lowest BCUT2D eigenvalue weighted by atomic mass is 9.71. The van der Waals surface area contributed by atoms with Crippen LogP contribution in [0.4, 0.5) is 0 Å². The Kier molecular flexibility index (Phi) is 8.05. The maximum absolute atomic E-state index is 13.5. The number of nitrogens with zero attached hydrogens (tertiary/aromatic N) is 1. The molecule has 8 rings (SSSR count). The van der Waals surface area contributed by atoms with E-state index in [1.807, 2.05) is 121 Å². The summed E-state index contributed by atoms with van der Waals surface area (Å²) in [5.74, 6) is -0.811. The van der Waals surface area contributed by atoms with E-state index < -0.39 is 30.5 Å². The minimum Gasteiger partial charge on any atom is -0.401 e. The Bertz CT molecular complexity index is 1750. The highest BCUT2D eigenvalue weighted by Crippen LogP contribution is 2.56. The molecule has 2 amide bonds. The zero-order valence-corrected chi connectivity index (χ0v) is 27.3. The van der Waals surface area contributed by atoms with Gasteiger partial charge in [-0.25, -0.2) is 0 Å². The molecule has 49 heavy (non-hydrogen) atoms. The van der Waals surface area contributed by atoms with Gasteiger partial charge in [0.1, 0.15) is 23.4 Å². The second-order valence-corrected chi connectivity index (χ2v) is 12.8. The van der Waals surface area contributed by atoms with Gasteiger partial charge in [-0.1, -0.05) is 133 Å². The Balaban J connectivity index is 1.28. The molecule has 5 aromatic rings. The first-order valence-corrected chi connectivity index (χ1v) is 16.6. The molecule has 0 radical (unpaired) electrons.